The molecule has 0 N–H and O–H groups in total. The van der Waals surface area contributed by atoms with Gasteiger partial charge in [0.05, 0.1) is 32.7 Å². The van der Waals surface area contributed by atoms with Gasteiger partial charge in [0.2, 0.25) is 5.88 Å². The summed E-state index contributed by atoms with van der Waals surface area (Å²) < 4.78 is 103. The van der Waals surface area contributed by atoms with Crippen LogP contribution in [0.3, 0.4) is 0 Å². The van der Waals surface area contributed by atoms with E-state index in [-0.39, 0.29) is 36.9 Å². The summed E-state index contributed by atoms with van der Waals surface area (Å²) in [7, 11) is 1.83. The molecule has 2 aliphatic carbocycles. The van der Waals surface area contributed by atoms with Crippen LogP contribution in [0.1, 0.15) is 107 Å². The smallest absolute Gasteiger partial charge is 0.416 e. The summed E-state index contributed by atoms with van der Waals surface area (Å²) in [5, 5.41) is 13.3. The van der Waals surface area contributed by atoms with Gasteiger partial charge in [-0.1, -0.05) is 0 Å². The van der Waals surface area contributed by atoms with Gasteiger partial charge in [-0.15, -0.1) is 10.2 Å². The lowest BCUT2D eigenvalue weighted by atomic mass is 9.79. The Bertz CT molecular complexity index is 1630. The number of hydrogen-bond acceptors (Lipinski definition) is 7. The lowest BCUT2D eigenvalue weighted by Crippen LogP contribution is -2.70. The van der Waals surface area contributed by atoms with Crippen LogP contribution in [-0.2, 0) is 24.6 Å². The van der Waals surface area contributed by atoms with E-state index in [9.17, 15) is 13.2 Å². The molecule has 4 fully saturated rings. The van der Waals surface area contributed by atoms with Crippen LogP contribution >= 0.6 is 0 Å². The van der Waals surface area contributed by atoms with E-state index in [1.54, 1.807) is 0 Å². The van der Waals surface area contributed by atoms with E-state index in [0.29, 0.717) is 24.6 Å². The fourth-order valence-corrected chi connectivity index (χ4v) is 6.60. The number of alkyl halides is 3. The zero-order valence-electron chi connectivity index (χ0n) is 29.3. The van der Waals surface area contributed by atoms with Crippen molar-refractivity contribution < 1.29 is 30.9 Å². The fraction of sp³-hybridized carbons (Fsp3) is 0.667. The molecule has 0 aromatic carbocycles. The third-order valence-corrected chi connectivity index (χ3v) is 9.17. The van der Waals surface area contributed by atoms with Gasteiger partial charge in [-0.05, 0) is 68.9 Å². The first kappa shape index (κ1) is 21.7. The first-order valence-electron chi connectivity index (χ1n) is 17.6. The second kappa shape index (κ2) is 10.9. The van der Waals surface area contributed by atoms with Crippen LogP contribution in [0.5, 0.6) is 5.88 Å². The van der Waals surface area contributed by atoms with Gasteiger partial charge in [-0.2, -0.15) is 18.3 Å². The minimum Gasteiger partial charge on any atom is -0.469 e. The zero-order chi connectivity index (χ0) is 34.3. The Morgan fingerprint density at radius 3 is 2.48 bits per heavy atom. The molecule has 0 atom stereocenters. The van der Waals surface area contributed by atoms with Gasteiger partial charge in [0.25, 0.3) is 0 Å². The average molecular weight is 592 g/mol. The summed E-state index contributed by atoms with van der Waals surface area (Å²) in [5.74, 6) is 1.73. The predicted octanol–water partition coefficient (Wildman–Crippen LogP) is 5.40. The normalized spacial score (nSPS) is 33.6. The highest BCUT2D eigenvalue weighted by Gasteiger charge is 2.51. The molecular weight excluding hydrogens is 547 g/mol. The number of rotatable bonds is 7. The fourth-order valence-electron chi connectivity index (χ4n) is 6.60. The van der Waals surface area contributed by atoms with Gasteiger partial charge in [-0.25, -0.2) is 4.98 Å². The maximum Gasteiger partial charge on any atom is 0.416 e. The molecule has 3 aromatic heterocycles. The molecule has 0 radical (unpaired) electrons. The summed E-state index contributed by atoms with van der Waals surface area (Å²) in [6.45, 7) is -6.22. The third kappa shape index (κ3) is 5.43. The highest BCUT2D eigenvalue weighted by molar-refractivity contribution is 5.23. The maximum atomic E-state index is 13.0. The first-order chi connectivity index (χ1) is 22.5. The standard InChI is InChI=1S/C30H38F3N7O2/c1-38-26(17-41-27-14-23(10-12-34-27)30(31,32)33)36-37-28(38)21-4-2-20(3-5-21)22-15-35-40(16-22)25-8-6-24(7-9-25)39-18-29(19-39)11-13-42-29/h10,12,14-16,20-21,24-25H,2-9,11,13,17-19H2,1H3/i13D2,18D2,19D2. The third-order valence-electron chi connectivity index (χ3n) is 9.17. The van der Waals surface area contributed by atoms with Crippen molar-refractivity contribution in [3.05, 3.63) is 53.5 Å². The van der Waals surface area contributed by atoms with Gasteiger partial charge >= 0.3 is 6.18 Å². The largest absolute Gasteiger partial charge is 0.469 e. The van der Waals surface area contributed by atoms with Crippen LogP contribution in [0.25, 0.3) is 0 Å². The molecule has 4 aliphatic rings. The van der Waals surface area contributed by atoms with E-state index in [1.165, 1.54) is 10.5 Å². The molecular formula is C30H38F3N7O2. The van der Waals surface area contributed by atoms with Crippen LogP contribution in [-0.4, -0.2) is 65.6 Å². The quantitative estimate of drug-likeness (QED) is 0.364. The van der Waals surface area contributed by atoms with E-state index < -0.39 is 36.9 Å². The molecule has 42 heavy (non-hydrogen) atoms. The monoisotopic (exact) mass is 591 g/mol. The van der Waals surface area contributed by atoms with E-state index in [2.05, 4.69) is 26.5 Å². The van der Waals surface area contributed by atoms with Crippen LogP contribution in [0.2, 0.25) is 0 Å². The number of halogens is 3. The number of likely N-dealkylation sites (tertiary alicyclic amines) is 1. The molecule has 5 heterocycles. The van der Waals surface area contributed by atoms with Crippen molar-refractivity contribution in [1.29, 1.82) is 0 Å². The molecule has 3 aromatic rings. The summed E-state index contributed by atoms with van der Waals surface area (Å²) in [6.07, 6.45) is 6.67. The number of hydrogen-bond donors (Lipinski definition) is 0. The van der Waals surface area contributed by atoms with Crippen molar-refractivity contribution in [2.75, 3.05) is 19.6 Å². The molecule has 0 amide bonds. The van der Waals surface area contributed by atoms with Crippen molar-refractivity contribution in [3.63, 3.8) is 0 Å². The van der Waals surface area contributed by atoms with Gasteiger partial charge in [0, 0.05) is 62.4 Å². The molecule has 12 heteroatoms. The van der Waals surface area contributed by atoms with Crippen molar-refractivity contribution in [2.24, 2.45) is 7.05 Å². The summed E-state index contributed by atoms with van der Waals surface area (Å²) in [6, 6.07) is 1.59. The maximum absolute atomic E-state index is 13.0. The van der Waals surface area contributed by atoms with E-state index >= 15 is 0 Å². The Kier molecular flexibility index (Phi) is 5.64. The molecule has 226 valence electrons. The average Bonchev–Trinajstić information content (AvgIpc) is 3.66. The van der Waals surface area contributed by atoms with E-state index in [0.717, 1.165) is 62.7 Å². The molecule has 0 unspecified atom stereocenters. The molecule has 7 rings (SSSR count). The first-order valence-corrected chi connectivity index (χ1v) is 14.6. The van der Waals surface area contributed by atoms with Gasteiger partial charge in [-0.3, -0.25) is 9.58 Å². The van der Waals surface area contributed by atoms with Gasteiger partial charge < -0.3 is 14.0 Å². The molecule has 1 spiro atoms. The van der Waals surface area contributed by atoms with Crippen molar-refractivity contribution in [1.82, 2.24) is 34.4 Å². The van der Waals surface area contributed by atoms with Crippen molar-refractivity contribution in [3.8, 4) is 5.88 Å². The molecule has 9 nitrogen and oxygen atoms in total. The van der Waals surface area contributed by atoms with Crippen LogP contribution in [0.15, 0.2) is 30.7 Å². The van der Waals surface area contributed by atoms with E-state index in [4.69, 9.17) is 17.7 Å². The second-order valence-electron chi connectivity index (χ2n) is 11.8. The Balaban J connectivity index is 0.907. The molecule has 0 bridgehead atoms. The number of nitrogens with zero attached hydrogens (tertiary/aromatic N) is 7. The molecule has 2 saturated carbocycles. The topological polar surface area (TPSA) is 83.1 Å². The minimum absolute atomic E-state index is 0.0553. The van der Waals surface area contributed by atoms with E-state index in [1.807, 2.05) is 22.5 Å². The Hall–Kier alpha value is -2.99. The van der Waals surface area contributed by atoms with Gasteiger partial charge in [0.15, 0.2) is 5.82 Å². The lowest BCUT2D eigenvalue weighted by Gasteiger charge is -2.58. The Morgan fingerprint density at radius 2 is 1.76 bits per heavy atom. The van der Waals surface area contributed by atoms with Crippen molar-refractivity contribution >= 4 is 0 Å². The number of ether oxygens (including phenoxy) is 2. The molecule has 2 saturated heterocycles. The highest BCUT2D eigenvalue weighted by atomic mass is 19.4. The van der Waals surface area contributed by atoms with Crippen molar-refractivity contribution in [2.45, 2.75) is 100 Å². The van der Waals surface area contributed by atoms with Gasteiger partial charge in [0.1, 0.15) is 12.4 Å². The lowest BCUT2D eigenvalue weighted by molar-refractivity contribution is -0.231. The minimum atomic E-state index is -4.48. The predicted molar refractivity (Wildman–Crippen MR) is 147 cm³/mol. The summed E-state index contributed by atoms with van der Waals surface area (Å²) >= 11 is 0. The van der Waals surface area contributed by atoms with Crippen LogP contribution in [0, 0.1) is 0 Å². The Labute approximate surface area is 251 Å². The zero-order valence-corrected chi connectivity index (χ0v) is 23.3. The number of aromatic nitrogens is 6. The summed E-state index contributed by atoms with van der Waals surface area (Å²) in [5.41, 5.74) is -1.43. The molecule has 2 aliphatic heterocycles. The van der Waals surface area contributed by atoms with Crippen LogP contribution < -0.4 is 4.74 Å². The number of pyridine rings is 1. The summed E-state index contributed by atoms with van der Waals surface area (Å²) in [4.78, 5) is 5.14. The second-order valence-corrected chi connectivity index (χ2v) is 11.8. The Morgan fingerprint density at radius 1 is 1.05 bits per heavy atom. The SMILES string of the molecule is [2H]C1([2H])CC2(O1)C([2H])([2H])N(C1CCC(n3cc(C4CCC(c5nnc(COc6cc(C(F)(F)F)ccn6)n5C)CC4)cn3)CC1)C2([2H])[2H]. The van der Waals surface area contributed by atoms with Crippen LogP contribution in [0.4, 0.5) is 13.2 Å². The highest BCUT2D eigenvalue weighted by Crippen LogP contribution is 2.43.